The maximum atomic E-state index is 12.6. The Bertz CT molecular complexity index is 673. The highest BCUT2D eigenvalue weighted by Gasteiger charge is 2.61. The number of ketones is 1. The van der Waals surface area contributed by atoms with Gasteiger partial charge in [0.25, 0.3) is 0 Å². The first-order valence-electron chi connectivity index (χ1n) is 11.6. The molecule has 4 saturated carbocycles. The van der Waals surface area contributed by atoms with Gasteiger partial charge in [0.15, 0.2) is 0 Å². The molecule has 5 rings (SSSR count). The van der Waals surface area contributed by atoms with Crippen molar-refractivity contribution in [2.75, 3.05) is 13.1 Å². The number of aliphatic hydroxyl groups is 1. The van der Waals surface area contributed by atoms with Crippen LogP contribution in [0.5, 0.6) is 0 Å². The molecular weight excluding hydrogens is 352 g/mol. The van der Waals surface area contributed by atoms with Gasteiger partial charge < -0.3 is 15.3 Å². The van der Waals surface area contributed by atoms with Gasteiger partial charge in [0, 0.05) is 24.8 Å². The van der Waals surface area contributed by atoms with Gasteiger partial charge in [-0.25, -0.2) is 0 Å². The van der Waals surface area contributed by atoms with Crippen LogP contribution in [-0.4, -0.2) is 41.9 Å². The van der Waals surface area contributed by atoms with Crippen molar-refractivity contribution >= 4 is 11.5 Å². The smallest absolute Gasteiger partial charge is 0.141 e. The first kappa shape index (κ1) is 19.0. The molecule has 5 fully saturated rings. The molecule has 4 aliphatic carbocycles. The van der Waals surface area contributed by atoms with E-state index in [-0.39, 0.29) is 29.0 Å². The van der Waals surface area contributed by atoms with Gasteiger partial charge in [0.2, 0.25) is 0 Å². The van der Waals surface area contributed by atoms with Crippen molar-refractivity contribution in [3.8, 4) is 0 Å². The van der Waals surface area contributed by atoms with Gasteiger partial charge in [0.05, 0.1) is 11.8 Å². The van der Waals surface area contributed by atoms with Crippen molar-refractivity contribution < 1.29 is 14.7 Å². The van der Waals surface area contributed by atoms with Crippen LogP contribution in [0.25, 0.3) is 0 Å². The molecule has 0 spiro atoms. The normalized spacial score (nSPS) is 52.2. The molecule has 8 atom stereocenters. The van der Waals surface area contributed by atoms with Gasteiger partial charge in [0.1, 0.15) is 11.9 Å². The average Bonchev–Trinajstić information content (AvgIpc) is 3.29. The first-order chi connectivity index (χ1) is 13.4. The Morgan fingerprint density at radius 2 is 1.96 bits per heavy atom. The second-order valence-corrected chi connectivity index (χ2v) is 10.8. The van der Waals surface area contributed by atoms with Crippen LogP contribution < -0.4 is 5.32 Å². The molecule has 1 aliphatic heterocycles. The number of carbonyl (C=O) groups is 1. The van der Waals surface area contributed by atoms with Crippen LogP contribution in [0.4, 0.5) is 0 Å². The minimum Gasteiger partial charge on any atom is -0.393 e. The minimum atomic E-state index is -0.275. The number of carbonyl (C=O) groups excluding carboxylic acids is 1. The summed E-state index contributed by atoms with van der Waals surface area (Å²) in [5.74, 6) is 2.41. The number of nitrogens with zero attached hydrogens (tertiary/aromatic N) is 1. The Labute approximate surface area is 168 Å². The lowest BCUT2D eigenvalue weighted by Gasteiger charge is -2.60. The molecular formula is C23H36N2O3. The Kier molecular flexibility index (Phi) is 4.63. The Balaban J connectivity index is 1.34. The van der Waals surface area contributed by atoms with Crippen LogP contribution in [0.2, 0.25) is 0 Å². The molecule has 0 aromatic heterocycles. The van der Waals surface area contributed by atoms with Crippen LogP contribution in [0.15, 0.2) is 5.16 Å². The van der Waals surface area contributed by atoms with Crippen molar-refractivity contribution in [3.05, 3.63) is 0 Å². The third-order valence-electron chi connectivity index (χ3n) is 9.57. The lowest BCUT2D eigenvalue weighted by molar-refractivity contribution is -0.153. The van der Waals surface area contributed by atoms with E-state index in [9.17, 15) is 9.90 Å². The Morgan fingerprint density at radius 1 is 1.11 bits per heavy atom. The standard InChI is InChI=1S/C23H36N2O3/c1-22-8-5-14(25-28-15-7-10-24-13-15)11-19(22)20(26)12-16-17-3-4-21(27)23(17,2)9-6-18(16)22/h15-20,24,26H,3-13H2,1-2H3/t15-,16-,17-,18-,19?,20-,22+,23-/m0/s1. The van der Waals surface area contributed by atoms with E-state index in [1.54, 1.807) is 0 Å². The Morgan fingerprint density at radius 3 is 2.75 bits per heavy atom. The molecule has 28 heavy (non-hydrogen) atoms. The quantitative estimate of drug-likeness (QED) is 0.712. The third kappa shape index (κ3) is 2.79. The summed E-state index contributed by atoms with van der Waals surface area (Å²) in [6.07, 6.45) is 8.80. The lowest BCUT2D eigenvalue weighted by atomic mass is 9.44. The van der Waals surface area contributed by atoms with Crippen molar-refractivity contribution in [3.63, 3.8) is 0 Å². The zero-order valence-corrected chi connectivity index (χ0v) is 17.5. The van der Waals surface area contributed by atoms with Crippen molar-refractivity contribution in [2.24, 2.45) is 39.7 Å². The summed E-state index contributed by atoms with van der Waals surface area (Å²) < 4.78 is 0. The van der Waals surface area contributed by atoms with E-state index in [4.69, 9.17) is 4.84 Å². The fourth-order valence-electron chi connectivity index (χ4n) is 7.82. The van der Waals surface area contributed by atoms with E-state index >= 15 is 0 Å². The molecule has 1 unspecified atom stereocenters. The number of oxime groups is 1. The van der Waals surface area contributed by atoms with E-state index in [2.05, 4.69) is 24.3 Å². The highest BCUT2D eigenvalue weighted by Crippen LogP contribution is 2.65. The summed E-state index contributed by atoms with van der Waals surface area (Å²) >= 11 is 0. The molecule has 2 N–H and O–H groups in total. The molecule has 0 aromatic carbocycles. The Hall–Kier alpha value is -0.940. The topological polar surface area (TPSA) is 70.9 Å². The highest BCUT2D eigenvalue weighted by atomic mass is 16.6. The SMILES string of the molecule is C[C@]12CCC(=NO[C@H]3CCNC3)CC1[C@@H](O)C[C@@H]1[C@@H]2CC[C@]2(C)C(=O)CC[C@@H]12. The highest BCUT2D eigenvalue weighted by molar-refractivity contribution is 5.87. The molecule has 5 heteroatoms. The predicted octanol–water partition coefficient (Wildman–Crippen LogP) is 3.30. The van der Waals surface area contributed by atoms with Gasteiger partial charge in [-0.15, -0.1) is 0 Å². The van der Waals surface area contributed by atoms with Crippen LogP contribution in [-0.2, 0) is 9.63 Å². The van der Waals surface area contributed by atoms with Crippen LogP contribution in [0.1, 0.15) is 71.6 Å². The summed E-state index contributed by atoms with van der Waals surface area (Å²) in [4.78, 5) is 18.4. The van der Waals surface area contributed by atoms with Gasteiger partial charge in [-0.05, 0) is 80.6 Å². The molecule has 0 aromatic rings. The zero-order valence-electron chi connectivity index (χ0n) is 17.5. The van der Waals surface area contributed by atoms with Gasteiger partial charge in [-0.1, -0.05) is 19.0 Å². The fraction of sp³-hybridized carbons (Fsp3) is 0.913. The molecule has 1 heterocycles. The van der Waals surface area contributed by atoms with E-state index in [1.165, 1.54) is 0 Å². The molecule has 0 amide bonds. The van der Waals surface area contributed by atoms with E-state index in [0.29, 0.717) is 23.5 Å². The molecule has 5 aliphatic rings. The molecule has 5 nitrogen and oxygen atoms in total. The van der Waals surface area contributed by atoms with Crippen LogP contribution >= 0.6 is 0 Å². The minimum absolute atomic E-state index is 0.117. The van der Waals surface area contributed by atoms with Crippen molar-refractivity contribution in [1.82, 2.24) is 5.32 Å². The lowest BCUT2D eigenvalue weighted by Crippen LogP contribution is -2.57. The average molecular weight is 389 g/mol. The first-order valence-corrected chi connectivity index (χ1v) is 11.6. The fourth-order valence-corrected chi connectivity index (χ4v) is 7.82. The van der Waals surface area contributed by atoms with Crippen molar-refractivity contribution in [2.45, 2.75) is 83.8 Å². The monoisotopic (exact) mass is 388 g/mol. The van der Waals surface area contributed by atoms with Gasteiger partial charge in [-0.3, -0.25) is 4.79 Å². The second-order valence-electron chi connectivity index (χ2n) is 10.8. The largest absolute Gasteiger partial charge is 0.393 e. The zero-order chi connectivity index (χ0) is 19.5. The number of hydrogen-bond donors (Lipinski definition) is 2. The number of fused-ring (bicyclic) bond motifs is 5. The maximum absolute atomic E-state index is 12.6. The number of hydrogen-bond acceptors (Lipinski definition) is 5. The third-order valence-corrected chi connectivity index (χ3v) is 9.57. The number of aliphatic hydroxyl groups excluding tert-OH is 1. The number of rotatable bonds is 2. The molecule has 0 bridgehead atoms. The molecule has 0 radical (unpaired) electrons. The molecule has 1 saturated heterocycles. The number of nitrogens with one attached hydrogen (secondary N) is 1. The number of Topliss-reactive ketones (excluding diaryl/α,β-unsaturated/α-hetero) is 1. The van der Waals surface area contributed by atoms with Crippen LogP contribution in [0, 0.1) is 34.5 Å². The second kappa shape index (κ2) is 6.80. The predicted molar refractivity (Wildman–Crippen MR) is 108 cm³/mol. The summed E-state index contributed by atoms with van der Waals surface area (Å²) in [5, 5.41) is 19.0. The summed E-state index contributed by atoms with van der Waals surface area (Å²) in [6, 6.07) is 0. The van der Waals surface area contributed by atoms with E-state index in [1.807, 2.05) is 0 Å². The van der Waals surface area contributed by atoms with Crippen molar-refractivity contribution in [1.29, 1.82) is 0 Å². The summed E-state index contributed by atoms with van der Waals surface area (Å²) in [6.45, 7) is 6.55. The molecule has 156 valence electrons. The summed E-state index contributed by atoms with van der Waals surface area (Å²) in [5.41, 5.74) is 1.20. The summed E-state index contributed by atoms with van der Waals surface area (Å²) in [7, 11) is 0. The van der Waals surface area contributed by atoms with E-state index in [0.717, 1.165) is 76.6 Å². The maximum Gasteiger partial charge on any atom is 0.141 e. The van der Waals surface area contributed by atoms with Gasteiger partial charge >= 0.3 is 0 Å². The van der Waals surface area contributed by atoms with Gasteiger partial charge in [-0.2, -0.15) is 0 Å². The van der Waals surface area contributed by atoms with Crippen LogP contribution in [0.3, 0.4) is 0 Å². The van der Waals surface area contributed by atoms with E-state index < -0.39 is 0 Å².